The molecule has 2 atom stereocenters. The van der Waals surface area contributed by atoms with E-state index in [0.717, 1.165) is 36.7 Å². The highest BCUT2D eigenvalue weighted by Crippen LogP contribution is 2.38. The number of rotatable bonds is 5. The SMILES string of the molecule is O=C(NCC1CC1)[C@H]1Cc2cc([N+](=O)[O-])ccc2N2CCN(c3cnccn3)C[C@H]12. The molecule has 1 saturated carbocycles. The van der Waals surface area contributed by atoms with Gasteiger partial charge in [0.2, 0.25) is 5.91 Å². The number of carbonyl (C=O) groups excluding carboxylic acids is 1. The van der Waals surface area contributed by atoms with Crippen LogP contribution in [-0.2, 0) is 11.2 Å². The first-order valence-electron chi connectivity index (χ1n) is 10.4. The fourth-order valence-corrected chi connectivity index (χ4v) is 4.58. The number of hydrogen-bond donors (Lipinski definition) is 1. The number of non-ortho nitro benzene ring substituents is 1. The van der Waals surface area contributed by atoms with Crippen LogP contribution in [0.4, 0.5) is 17.2 Å². The summed E-state index contributed by atoms with van der Waals surface area (Å²) in [5, 5.41) is 14.4. The smallest absolute Gasteiger partial charge is 0.269 e. The van der Waals surface area contributed by atoms with E-state index >= 15 is 0 Å². The number of aromatic nitrogens is 2. The number of nitrogens with zero attached hydrogens (tertiary/aromatic N) is 5. The molecule has 1 N–H and O–H groups in total. The van der Waals surface area contributed by atoms with Crippen molar-refractivity contribution in [3.8, 4) is 0 Å². The van der Waals surface area contributed by atoms with E-state index in [1.54, 1.807) is 30.7 Å². The van der Waals surface area contributed by atoms with E-state index in [0.29, 0.717) is 18.9 Å². The van der Waals surface area contributed by atoms with Crippen LogP contribution in [0.2, 0.25) is 0 Å². The second-order valence-corrected chi connectivity index (χ2v) is 8.34. The molecule has 0 unspecified atom stereocenters. The molecule has 2 aromatic rings. The molecule has 1 amide bonds. The average Bonchev–Trinajstić information content (AvgIpc) is 3.61. The van der Waals surface area contributed by atoms with E-state index < -0.39 is 0 Å². The van der Waals surface area contributed by atoms with Crippen LogP contribution in [0.15, 0.2) is 36.8 Å². The van der Waals surface area contributed by atoms with Crippen molar-refractivity contribution < 1.29 is 9.72 Å². The van der Waals surface area contributed by atoms with Gasteiger partial charge in [-0.2, -0.15) is 0 Å². The van der Waals surface area contributed by atoms with Crippen LogP contribution in [0.5, 0.6) is 0 Å². The average molecular weight is 408 g/mol. The molecule has 0 spiro atoms. The molecule has 1 aromatic heterocycles. The molecule has 2 fully saturated rings. The lowest BCUT2D eigenvalue weighted by Crippen LogP contribution is -2.61. The summed E-state index contributed by atoms with van der Waals surface area (Å²) in [6, 6.07) is 4.99. The number of nitro benzene ring substituents is 1. The Morgan fingerprint density at radius 2 is 2.13 bits per heavy atom. The molecule has 9 heteroatoms. The first kappa shape index (κ1) is 18.8. The summed E-state index contributed by atoms with van der Waals surface area (Å²) < 4.78 is 0. The summed E-state index contributed by atoms with van der Waals surface area (Å²) in [6.07, 6.45) is 7.93. The number of nitrogens with one attached hydrogen (secondary N) is 1. The van der Waals surface area contributed by atoms with Gasteiger partial charge in [0.1, 0.15) is 5.82 Å². The third-order valence-electron chi connectivity index (χ3n) is 6.38. The second-order valence-electron chi connectivity index (χ2n) is 8.34. The Hall–Kier alpha value is -3.23. The number of fused-ring (bicyclic) bond motifs is 3. The van der Waals surface area contributed by atoms with E-state index in [2.05, 4.69) is 25.1 Å². The van der Waals surface area contributed by atoms with E-state index in [1.807, 2.05) is 6.07 Å². The Bertz CT molecular complexity index is 964. The molecular weight excluding hydrogens is 384 g/mol. The molecule has 0 radical (unpaired) electrons. The van der Waals surface area contributed by atoms with Crippen LogP contribution in [0.3, 0.4) is 0 Å². The van der Waals surface area contributed by atoms with Gasteiger partial charge in [0.15, 0.2) is 0 Å². The van der Waals surface area contributed by atoms with Crippen molar-refractivity contribution in [2.45, 2.75) is 25.3 Å². The van der Waals surface area contributed by atoms with Crippen LogP contribution in [0.1, 0.15) is 18.4 Å². The second kappa shape index (κ2) is 7.55. The van der Waals surface area contributed by atoms with Crippen LogP contribution in [0, 0.1) is 22.0 Å². The van der Waals surface area contributed by atoms with Crippen molar-refractivity contribution >= 4 is 23.1 Å². The zero-order valence-electron chi connectivity index (χ0n) is 16.6. The van der Waals surface area contributed by atoms with Gasteiger partial charge in [-0.25, -0.2) is 4.98 Å². The third-order valence-corrected chi connectivity index (χ3v) is 6.38. The molecule has 1 saturated heterocycles. The number of amides is 1. The minimum atomic E-state index is -0.374. The number of benzene rings is 1. The van der Waals surface area contributed by atoms with E-state index in [9.17, 15) is 14.9 Å². The van der Waals surface area contributed by atoms with Gasteiger partial charge in [0.05, 0.1) is 23.1 Å². The first-order valence-corrected chi connectivity index (χ1v) is 10.4. The fraction of sp³-hybridized carbons (Fsp3) is 0.476. The molecule has 5 rings (SSSR count). The van der Waals surface area contributed by atoms with Gasteiger partial charge in [-0.05, 0) is 36.8 Å². The Balaban J connectivity index is 1.45. The molecule has 1 aliphatic carbocycles. The highest BCUT2D eigenvalue weighted by Gasteiger charge is 2.42. The van der Waals surface area contributed by atoms with Gasteiger partial charge in [0.25, 0.3) is 5.69 Å². The molecule has 2 aliphatic heterocycles. The lowest BCUT2D eigenvalue weighted by Gasteiger charge is -2.49. The number of piperazine rings is 1. The molecule has 30 heavy (non-hydrogen) atoms. The predicted molar refractivity (Wildman–Crippen MR) is 111 cm³/mol. The standard InChI is InChI=1S/C21H24N6O3/c28-21(24-11-14-1-2-14)17-10-15-9-16(27(29)30)3-4-18(15)26-8-7-25(13-19(17)26)20-12-22-5-6-23-20/h3-6,9,12,14,17,19H,1-2,7-8,10-11,13H2,(H,24,28)/t17-,19+/m0/s1. The lowest BCUT2D eigenvalue weighted by molar-refractivity contribution is -0.384. The Morgan fingerprint density at radius 3 is 2.87 bits per heavy atom. The summed E-state index contributed by atoms with van der Waals surface area (Å²) in [5.41, 5.74) is 1.94. The Morgan fingerprint density at radius 1 is 1.27 bits per heavy atom. The maximum atomic E-state index is 13.1. The molecule has 1 aromatic carbocycles. The van der Waals surface area contributed by atoms with Crippen molar-refractivity contribution in [2.75, 3.05) is 36.0 Å². The Kier molecular flexibility index (Phi) is 4.72. The van der Waals surface area contributed by atoms with Crippen molar-refractivity contribution in [2.24, 2.45) is 11.8 Å². The summed E-state index contributed by atoms with van der Waals surface area (Å²) in [5.74, 6) is 1.18. The molecule has 3 heterocycles. The first-order chi connectivity index (χ1) is 14.6. The summed E-state index contributed by atoms with van der Waals surface area (Å²) in [4.78, 5) is 37.0. The Labute approximate surface area is 174 Å². The van der Waals surface area contributed by atoms with Crippen LogP contribution < -0.4 is 15.1 Å². The van der Waals surface area contributed by atoms with Crippen molar-refractivity contribution in [1.82, 2.24) is 15.3 Å². The topological polar surface area (TPSA) is 104 Å². The predicted octanol–water partition coefficient (Wildman–Crippen LogP) is 1.78. The van der Waals surface area contributed by atoms with E-state index in [1.165, 1.54) is 12.8 Å². The summed E-state index contributed by atoms with van der Waals surface area (Å²) in [6.45, 7) is 2.86. The molecule has 3 aliphatic rings. The van der Waals surface area contributed by atoms with Crippen LogP contribution in [0.25, 0.3) is 0 Å². The summed E-state index contributed by atoms with van der Waals surface area (Å²) >= 11 is 0. The molecule has 156 valence electrons. The summed E-state index contributed by atoms with van der Waals surface area (Å²) in [7, 11) is 0. The minimum Gasteiger partial charge on any atom is -0.364 e. The van der Waals surface area contributed by atoms with Gasteiger partial charge in [-0.15, -0.1) is 0 Å². The number of nitro groups is 1. The van der Waals surface area contributed by atoms with Crippen molar-refractivity contribution in [3.63, 3.8) is 0 Å². The number of carbonyl (C=O) groups is 1. The number of hydrogen-bond acceptors (Lipinski definition) is 7. The maximum absolute atomic E-state index is 13.1. The zero-order valence-corrected chi connectivity index (χ0v) is 16.6. The van der Waals surface area contributed by atoms with Gasteiger partial charge >= 0.3 is 0 Å². The van der Waals surface area contributed by atoms with Crippen molar-refractivity contribution in [3.05, 3.63) is 52.5 Å². The van der Waals surface area contributed by atoms with Crippen molar-refractivity contribution in [1.29, 1.82) is 0 Å². The lowest BCUT2D eigenvalue weighted by atomic mass is 9.83. The molecule has 9 nitrogen and oxygen atoms in total. The number of anilines is 2. The van der Waals surface area contributed by atoms with Gasteiger partial charge in [0, 0.05) is 56.4 Å². The third kappa shape index (κ3) is 3.55. The van der Waals surface area contributed by atoms with Crippen LogP contribution >= 0.6 is 0 Å². The van der Waals surface area contributed by atoms with Crippen LogP contribution in [-0.4, -0.2) is 53.0 Å². The highest BCUT2D eigenvalue weighted by molar-refractivity contribution is 5.82. The fourth-order valence-electron chi connectivity index (χ4n) is 4.58. The van der Waals surface area contributed by atoms with Gasteiger partial charge < -0.3 is 15.1 Å². The van der Waals surface area contributed by atoms with Gasteiger partial charge in [-0.3, -0.25) is 19.9 Å². The molecule has 0 bridgehead atoms. The zero-order chi connectivity index (χ0) is 20.7. The van der Waals surface area contributed by atoms with E-state index in [-0.39, 0.29) is 28.5 Å². The van der Waals surface area contributed by atoms with Gasteiger partial charge in [-0.1, -0.05) is 0 Å². The molecular formula is C21H24N6O3. The largest absolute Gasteiger partial charge is 0.364 e. The monoisotopic (exact) mass is 408 g/mol. The normalized spacial score (nSPS) is 22.8. The van der Waals surface area contributed by atoms with E-state index in [4.69, 9.17) is 0 Å². The highest BCUT2D eigenvalue weighted by atomic mass is 16.6. The minimum absolute atomic E-state index is 0.0195. The maximum Gasteiger partial charge on any atom is 0.269 e. The quantitative estimate of drug-likeness (QED) is 0.594.